The number of rotatable bonds is 2. The molecular weight excluding hydrogens is 308 g/mol. The van der Waals surface area contributed by atoms with Crippen LogP contribution in [0.25, 0.3) is 0 Å². The Labute approximate surface area is 146 Å². The van der Waals surface area contributed by atoms with Crippen molar-refractivity contribution in [3.05, 3.63) is 0 Å². The lowest BCUT2D eigenvalue weighted by atomic mass is 9.87. The average molecular weight is 343 g/mol. The van der Waals surface area contributed by atoms with Gasteiger partial charge in [0.05, 0.1) is 0 Å². The second-order valence-electron chi connectivity index (χ2n) is 8.91. The van der Waals surface area contributed by atoms with Crippen LogP contribution in [0.5, 0.6) is 0 Å². The normalized spacial score (nSPS) is 31.7. The number of likely N-dealkylation sites (tertiary alicyclic amines) is 1. The van der Waals surface area contributed by atoms with Crippen LogP contribution in [0.15, 0.2) is 0 Å². The van der Waals surface area contributed by atoms with E-state index >= 15 is 0 Å². The summed E-state index contributed by atoms with van der Waals surface area (Å²) in [6, 6.07) is 1.11. The maximum Gasteiger partial charge on any atom is 0.410 e. The molecule has 2 heterocycles. The average Bonchev–Trinajstić information content (AvgIpc) is 2.38. The summed E-state index contributed by atoms with van der Waals surface area (Å²) in [6.45, 7) is 13.4. The van der Waals surface area contributed by atoms with Crippen molar-refractivity contribution in [2.24, 2.45) is 5.41 Å². The van der Waals surface area contributed by atoms with Crippen molar-refractivity contribution in [3.8, 4) is 0 Å². The van der Waals surface area contributed by atoms with Crippen molar-refractivity contribution < 1.29 is 9.53 Å². The van der Waals surface area contributed by atoms with Crippen LogP contribution < -0.4 is 5.32 Å². The quantitative estimate of drug-likeness (QED) is 0.826. The number of amides is 1. The van der Waals surface area contributed by atoms with Gasteiger partial charge in [-0.15, -0.1) is 0 Å². The molecule has 2 fully saturated rings. The Morgan fingerprint density at radius 3 is 2.65 bits per heavy atom. The van der Waals surface area contributed by atoms with Gasteiger partial charge in [0, 0.05) is 30.4 Å². The summed E-state index contributed by atoms with van der Waals surface area (Å²) in [5, 5.41) is 3.84. The summed E-state index contributed by atoms with van der Waals surface area (Å²) >= 11 is 2.05. The minimum atomic E-state index is -0.429. The van der Waals surface area contributed by atoms with Gasteiger partial charge in [0.2, 0.25) is 0 Å². The Morgan fingerprint density at radius 2 is 2.04 bits per heavy atom. The number of piperidine rings is 1. The number of nitrogens with zero attached hydrogens (tertiary/aromatic N) is 1. The highest BCUT2D eigenvalue weighted by atomic mass is 32.2. The summed E-state index contributed by atoms with van der Waals surface area (Å²) < 4.78 is 5.57. The van der Waals surface area contributed by atoms with Gasteiger partial charge in [0.25, 0.3) is 0 Å². The zero-order valence-electron chi connectivity index (χ0n) is 15.6. The SMILES string of the molecule is CC1C(NC2CSCC(C)(C)C2)CCCN1C(=O)OC(C)(C)C. The summed E-state index contributed by atoms with van der Waals surface area (Å²) in [6.07, 6.45) is 3.23. The van der Waals surface area contributed by atoms with Crippen molar-refractivity contribution in [3.63, 3.8) is 0 Å². The second kappa shape index (κ2) is 7.22. The summed E-state index contributed by atoms with van der Waals surface area (Å²) in [4.78, 5) is 14.3. The maximum atomic E-state index is 12.4. The third-order valence-electron chi connectivity index (χ3n) is 4.68. The highest BCUT2D eigenvalue weighted by Crippen LogP contribution is 2.34. The van der Waals surface area contributed by atoms with Gasteiger partial charge < -0.3 is 15.0 Å². The van der Waals surface area contributed by atoms with E-state index in [1.165, 1.54) is 17.9 Å². The topological polar surface area (TPSA) is 41.6 Å². The van der Waals surface area contributed by atoms with Crippen LogP contribution in [-0.4, -0.2) is 52.8 Å². The zero-order valence-corrected chi connectivity index (χ0v) is 16.5. The minimum Gasteiger partial charge on any atom is -0.444 e. The first-order chi connectivity index (χ1) is 10.6. The van der Waals surface area contributed by atoms with Crippen LogP contribution >= 0.6 is 11.8 Å². The number of nitrogens with one attached hydrogen (secondary N) is 1. The Hall–Kier alpha value is -0.420. The summed E-state index contributed by atoms with van der Waals surface area (Å²) in [5.74, 6) is 2.43. The molecule has 0 spiro atoms. The molecule has 0 bridgehead atoms. The van der Waals surface area contributed by atoms with Gasteiger partial charge >= 0.3 is 6.09 Å². The van der Waals surface area contributed by atoms with E-state index in [-0.39, 0.29) is 12.1 Å². The van der Waals surface area contributed by atoms with Crippen molar-refractivity contribution in [2.45, 2.75) is 84.5 Å². The Kier molecular flexibility index (Phi) is 5.94. The van der Waals surface area contributed by atoms with Gasteiger partial charge in [0.15, 0.2) is 0 Å². The molecule has 3 unspecified atom stereocenters. The van der Waals surface area contributed by atoms with E-state index in [0.29, 0.717) is 17.5 Å². The van der Waals surface area contributed by atoms with Gasteiger partial charge in [-0.1, -0.05) is 13.8 Å². The number of ether oxygens (including phenoxy) is 1. The smallest absolute Gasteiger partial charge is 0.410 e. The van der Waals surface area contributed by atoms with Crippen molar-refractivity contribution in [1.29, 1.82) is 0 Å². The Morgan fingerprint density at radius 1 is 1.35 bits per heavy atom. The number of hydrogen-bond acceptors (Lipinski definition) is 4. The first-order valence-corrected chi connectivity index (χ1v) is 10.1. The van der Waals surface area contributed by atoms with Crippen LogP contribution in [0.2, 0.25) is 0 Å². The van der Waals surface area contributed by atoms with E-state index in [0.717, 1.165) is 19.4 Å². The lowest BCUT2D eigenvalue weighted by Gasteiger charge is -2.43. The van der Waals surface area contributed by atoms with Crippen molar-refractivity contribution >= 4 is 17.9 Å². The van der Waals surface area contributed by atoms with E-state index in [1.54, 1.807) is 0 Å². The molecule has 1 N–H and O–H groups in total. The molecular formula is C18H34N2O2S. The molecule has 1 amide bonds. The molecule has 2 aliphatic rings. The molecule has 0 aromatic carbocycles. The van der Waals surface area contributed by atoms with Gasteiger partial charge in [-0.25, -0.2) is 4.79 Å². The molecule has 0 aromatic rings. The predicted octanol–water partition coefficient (Wildman–Crippen LogP) is 3.90. The van der Waals surface area contributed by atoms with E-state index in [2.05, 4.69) is 26.1 Å². The predicted molar refractivity (Wildman–Crippen MR) is 98.1 cm³/mol. The monoisotopic (exact) mass is 342 g/mol. The molecule has 134 valence electrons. The molecule has 2 rings (SSSR count). The fourth-order valence-electron chi connectivity index (χ4n) is 3.62. The largest absolute Gasteiger partial charge is 0.444 e. The first-order valence-electron chi connectivity index (χ1n) is 8.91. The number of hydrogen-bond donors (Lipinski definition) is 1. The molecule has 3 atom stereocenters. The van der Waals surface area contributed by atoms with Crippen molar-refractivity contribution in [2.75, 3.05) is 18.1 Å². The molecule has 5 heteroatoms. The van der Waals surface area contributed by atoms with Gasteiger partial charge in [0.1, 0.15) is 5.60 Å². The molecule has 0 aliphatic carbocycles. The lowest BCUT2D eigenvalue weighted by molar-refractivity contribution is 0.00611. The highest BCUT2D eigenvalue weighted by Gasteiger charge is 2.36. The molecule has 0 radical (unpaired) electrons. The molecule has 4 nitrogen and oxygen atoms in total. The van der Waals surface area contributed by atoms with Crippen LogP contribution in [-0.2, 0) is 4.74 Å². The Balaban J connectivity index is 1.94. The van der Waals surface area contributed by atoms with E-state index in [1.807, 2.05) is 37.4 Å². The molecule has 2 aliphatic heterocycles. The molecule has 0 saturated carbocycles. The summed E-state index contributed by atoms with van der Waals surface area (Å²) in [7, 11) is 0. The van der Waals surface area contributed by atoms with Gasteiger partial charge in [-0.3, -0.25) is 0 Å². The van der Waals surface area contributed by atoms with Crippen LogP contribution in [0.1, 0.15) is 60.8 Å². The fourth-order valence-corrected chi connectivity index (χ4v) is 4.90. The van der Waals surface area contributed by atoms with Gasteiger partial charge in [-0.05, 0) is 58.1 Å². The van der Waals surface area contributed by atoms with Crippen LogP contribution in [0, 0.1) is 5.41 Å². The fraction of sp³-hybridized carbons (Fsp3) is 0.944. The number of carbonyl (C=O) groups excluding carboxylic acids is 1. The van der Waals surface area contributed by atoms with Crippen LogP contribution in [0.3, 0.4) is 0 Å². The van der Waals surface area contributed by atoms with Gasteiger partial charge in [-0.2, -0.15) is 11.8 Å². The number of carbonyl (C=O) groups is 1. The van der Waals surface area contributed by atoms with E-state index in [4.69, 9.17) is 4.74 Å². The standard InChI is InChI=1S/C18H34N2O2S/c1-13-15(19-14-10-18(5,6)12-23-11-14)8-7-9-20(13)16(21)22-17(2,3)4/h13-15,19H,7-12H2,1-6H3. The van der Waals surface area contributed by atoms with E-state index < -0.39 is 5.60 Å². The molecule has 0 aromatic heterocycles. The maximum absolute atomic E-state index is 12.4. The first kappa shape index (κ1) is 18.9. The third-order valence-corrected chi connectivity index (χ3v) is 6.30. The summed E-state index contributed by atoms with van der Waals surface area (Å²) in [5.41, 5.74) is -0.0233. The minimum absolute atomic E-state index is 0.171. The number of thioether (sulfide) groups is 1. The molecule has 2 saturated heterocycles. The van der Waals surface area contributed by atoms with Crippen molar-refractivity contribution in [1.82, 2.24) is 10.2 Å². The lowest BCUT2D eigenvalue weighted by Crippen LogP contribution is -2.58. The highest BCUT2D eigenvalue weighted by molar-refractivity contribution is 7.99. The van der Waals surface area contributed by atoms with Crippen LogP contribution in [0.4, 0.5) is 4.79 Å². The van der Waals surface area contributed by atoms with E-state index in [9.17, 15) is 4.79 Å². The second-order valence-corrected chi connectivity index (χ2v) is 9.94. The molecule has 23 heavy (non-hydrogen) atoms. The zero-order chi connectivity index (χ0) is 17.3. The Bertz CT molecular complexity index is 420. The third kappa shape index (κ3) is 5.56.